The van der Waals surface area contributed by atoms with Crippen LogP contribution < -0.4 is 5.32 Å². The number of aromatic nitrogens is 1. The first kappa shape index (κ1) is 14.7. The van der Waals surface area contributed by atoms with Crippen molar-refractivity contribution in [3.8, 4) is 0 Å². The van der Waals surface area contributed by atoms with Gasteiger partial charge in [-0.1, -0.05) is 0 Å². The summed E-state index contributed by atoms with van der Waals surface area (Å²) in [5.41, 5.74) is 2.12. The molecule has 0 spiro atoms. The summed E-state index contributed by atoms with van der Waals surface area (Å²) in [4.78, 5) is 19.7. The minimum Gasteiger partial charge on any atom is -0.463 e. The number of amides is 1. The summed E-state index contributed by atoms with van der Waals surface area (Å²) in [5, 5.41) is 4.24. The smallest absolute Gasteiger partial charge is 0.270 e. The lowest BCUT2D eigenvalue weighted by Crippen LogP contribution is -2.69. The summed E-state index contributed by atoms with van der Waals surface area (Å²) >= 11 is 0. The molecule has 122 valence electrons. The van der Waals surface area contributed by atoms with Gasteiger partial charge in [0, 0.05) is 17.0 Å². The van der Waals surface area contributed by atoms with Crippen molar-refractivity contribution in [3.63, 3.8) is 0 Å². The fourth-order valence-corrected chi connectivity index (χ4v) is 4.39. The third kappa shape index (κ3) is 2.17. The van der Waals surface area contributed by atoms with E-state index in [1.165, 1.54) is 12.8 Å². The maximum Gasteiger partial charge on any atom is 0.270 e. The molecule has 0 radical (unpaired) electrons. The van der Waals surface area contributed by atoms with E-state index in [1.807, 2.05) is 13.0 Å². The minimum atomic E-state index is -0.0718. The standard InChI is InChI=1S/C18H23N3O2/c1-11-13-6-9-23-14(13)10-19-15(11)17(22)20-16-12-4-7-21(8-5-12)18(16,2)3/h6,9-10,12,16H,4-5,7-8H2,1-3H3,(H,20,22)/t16-/m0/s1. The van der Waals surface area contributed by atoms with Crippen LogP contribution in [0.15, 0.2) is 22.9 Å². The SMILES string of the molecule is Cc1c(C(=O)N[C@H]2C3CCN(CC3)C2(C)C)ncc2occc12. The van der Waals surface area contributed by atoms with Gasteiger partial charge in [0.15, 0.2) is 5.58 Å². The van der Waals surface area contributed by atoms with Crippen LogP contribution in [0, 0.1) is 12.8 Å². The van der Waals surface area contributed by atoms with Gasteiger partial charge in [0.1, 0.15) is 5.69 Å². The van der Waals surface area contributed by atoms with Gasteiger partial charge in [-0.25, -0.2) is 4.98 Å². The predicted molar refractivity (Wildman–Crippen MR) is 88.4 cm³/mol. The maximum absolute atomic E-state index is 12.8. The van der Waals surface area contributed by atoms with E-state index < -0.39 is 0 Å². The Balaban J connectivity index is 1.63. The zero-order valence-corrected chi connectivity index (χ0v) is 13.9. The Kier molecular flexibility index (Phi) is 3.23. The number of nitrogens with zero attached hydrogens (tertiary/aromatic N) is 2. The van der Waals surface area contributed by atoms with Crippen molar-refractivity contribution in [2.75, 3.05) is 13.1 Å². The van der Waals surface area contributed by atoms with Crippen LogP contribution in [0.4, 0.5) is 0 Å². The number of furan rings is 1. The molecular formula is C18H23N3O2. The van der Waals surface area contributed by atoms with Gasteiger partial charge < -0.3 is 9.73 Å². The van der Waals surface area contributed by atoms with Gasteiger partial charge in [-0.05, 0) is 64.3 Å². The lowest BCUT2D eigenvalue weighted by atomic mass is 9.72. The monoisotopic (exact) mass is 313 g/mol. The predicted octanol–water partition coefficient (Wildman–Crippen LogP) is 2.74. The maximum atomic E-state index is 12.8. The number of pyridine rings is 1. The first-order valence-corrected chi connectivity index (χ1v) is 8.37. The number of aryl methyl sites for hydroxylation is 1. The Morgan fingerprint density at radius 3 is 2.83 bits per heavy atom. The molecule has 23 heavy (non-hydrogen) atoms. The van der Waals surface area contributed by atoms with E-state index in [1.54, 1.807) is 12.5 Å². The van der Waals surface area contributed by atoms with Crippen LogP contribution in [0.3, 0.4) is 0 Å². The van der Waals surface area contributed by atoms with Crippen molar-refractivity contribution < 1.29 is 9.21 Å². The summed E-state index contributed by atoms with van der Waals surface area (Å²) < 4.78 is 5.36. The van der Waals surface area contributed by atoms with Crippen LogP contribution in [0.2, 0.25) is 0 Å². The Labute approximate surface area is 136 Å². The van der Waals surface area contributed by atoms with E-state index in [9.17, 15) is 4.79 Å². The molecule has 2 aromatic heterocycles. The summed E-state index contributed by atoms with van der Waals surface area (Å²) in [6, 6.07) is 2.07. The van der Waals surface area contributed by atoms with Crippen molar-refractivity contribution in [3.05, 3.63) is 29.8 Å². The lowest BCUT2D eigenvalue weighted by Gasteiger charge is -2.56. The molecule has 0 saturated carbocycles. The number of hydrogen-bond donors (Lipinski definition) is 1. The van der Waals surface area contributed by atoms with E-state index in [0.717, 1.165) is 29.6 Å². The molecule has 0 unspecified atom stereocenters. The van der Waals surface area contributed by atoms with Gasteiger partial charge in [-0.15, -0.1) is 0 Å². The van der Waals surface area contributed by atoms with Gasteiger partial charge in [0.25, 0.3) is 5.91 Å². The van der Waals surface area contributed by atoms with Crippen LogP contribution in [0.5, 0.6) is 0 Å². The number of piperidine rings is 3. The van der Waals surface area contributed by atoms with Crippen LogP contribution >= 0.6 is 0 Å². The second-order valence-electron chi connectivity index (χ2n) is 7.36. The first-order valence-electron chi connectivity index (χ1n) is 8.37. The summed E-state index contributed by atoms with van der Waals surface area (Å²) in [5.74, 6) is 0.495. The molecule has 3 fully saturated rings. The fourth-order valence-electron chi connectivity index (χ4n) is 4.39. The molecule has 1 N–H and O–H groups in total. The zero-order valence-electron chi connectivity index (χ0n) is 13.9. The van der Waals surface area contributed by atoms with Gasteiger partial charge >= 0.3 is 0 Å². The number of hydrogen-bond acceptors (Lipinski definition) is 4. The molecule has 5 heterocycles. The van der Waals surface area contributed by atoms with E-state index in [-0.39, 0.29) is 17.5 Å². The highest BCUT2D eigenvalue weighted by molar-refractivity contribution is 5.98. The second kappa shape index (κ2) is 5.06. The Bertz CT molecular complexity index is 757. The molecule has 0 aromatic carbocycles. The molecule has 5 rings (SSSR count). The number of nitrogens with one attached hydrogen (secondary N) is 1. The average molecular weight is 313 g/mol. The van der Waals surface area contributed by atoms with E-state index >= 15 is 0 Å². The number of carbonyl (C=O) groups is 1. The third-order valence-corrected chi connectivity index (χ3v) is 5.85. The normalized spacial score (nSPS) is 28.9. The Morgan fingerprint density at radius 2 is 2.13 bits per heavy atom. The molecule has 1 amide bonds. The van der Waals surface area contributed by atoms with Gasteiger partial charge in [-0.2, -0.15) is 0 Å². The van der Waals surface area contributed by atoms with E-state index in [0.29, 0.717) is 11.6 Å². The number of fused-ring (bicyclic) bond motifs is 4. The topological polar surface area (TPSA) is 58.4 Å². The zero-order chi connectivity index (χ0) is 16.2. The summed E-state index contributed by atoms with van der Waals surface area (Å²) in [6.45, 7) is 8.69. The van der Waals surface area contributed by atoms with Crippen molar-refractivity contribution in [2.45, 2.75) is 45.2 Å². The molecule has 2 aromatic rings. The third-order valence-electron chi connectivity index (χ3n) is 5.85. The highest BCUT2D eigenvalue weighted by Gasteiger charge is 2.48. The van der Waals surface area contributed by atoms with Crippen LogP contribution in [0.25, 0.3) is 11.0 Å². The highest BCUT2D eigenvalue weighted by atomic mass is 16.3. The van der Waals surface area contributed by atoms with Gasteiger partial charge in [-0.3, -0.25) is 9.69 Å². The largest absolute Gasteiger partial charge is 0.463 e. The molecule has 5 nitrogen and oxygen atoms in total. The van der Waals surface area contributed by atoms with Crippen molar-refractivity contribution in [1.29, 1.82) is 0 Å². The molecule has 2 bridgehead atoms. The van der Waals surface area contributed by atoms with Crippen molar-refractivity contribution >= 4 is 16.9 Å². The van der Waals surface area contributed by atoms with E-state index in [4.69, 9.17) is 4.42 Å². The first-order chi connectivity index (χ1) is 11.0. The van der Waals surface area contributed by atoms with Crippen LogP contribution in [0.1, 0.15) is 42.7 Å². The Hall–Kier alpha value is -1.88. The van der Waals surface area contributed by atoms with E-state index in [2.05, 4.69) is 29.0 Å². The Morgan fingerprint density at radius 1 is 1.39 bits per heavy atom. The van der Waals surface area contributed by atoms with Gasteiger partial charge in [0.05, 0.1) is 12.5 Å². The minimum absolute atomic E-state index is 0.00444. The molecular weight excluding hydrogens is 290 g/mol. The average Bonchev–Trinajstić information content (AvgIpc) is 3.01. The molecule has 1 atom stereocenters. The molecule has 3 saturated heterocycles. The van der Waals surface area contributed by atoms with Crippen LogP contribution in [-0.2, 0) is 0 Å². The van der Waals surface area contributed by atoms with Gasteiger partial charge in [0.2, 0.25) is 0 Å². The summed E-state index contributed by atoms with van der Waals surface area (Å²) in [6.07, 6.45) is 5.61. The number of carbonyl (C=O) groups excluding carboxylic acids is 1. The quantitative estimate of drug-likeness (QED) is 0.926. The van der Waals surface area contributed by atoms with Crippen molar-refractivity contribution in [1.82, 2.24) is 15.2 Å². The lowest BCUT2D eigenvalue weighted by molar-refractivity contribution is -0.0378. The second-order valence-corrected chi connectivity index (χ2v) is 7.36. The molecule has 5 heteroatoms. The molecule has 3 aliphatic rings. The molecule has 0 aliphatic carbocycles. The number of rotatable bonds is 2. The fraction of sp³-hybridized carbons (Fsp3) is 0.556. The van der Waals surface area contributed by atoms with Crippen LogP contribution in [-0.4, -0.2) is 40.5 Å². The summed E-state index contributed by atoms with van der Waals surface area (Å²) in [7, 11) is 0. The molecule has 3 aliphatic heterocycles. The highest BCUT2D eigenvalue weighted by Crippen LogP contribution is 2.39. The van der Waals surface area contributed by atoms with Crippen molar-refractivity contribution in [2.24, 2.45) is 5.92 Å².